The maximum Gasteiger partial charge on any atom is 0.261 e. The number of nitrogens with zero attached hydrogens (tertiary/aromatic N) is 3. The van der Waals surface area contributed by atoms with E-state index < -0.39 is 0 Å². The fraction of sp³-hybridized carbons (Fsp3) is 0.500. The average Bonchev–Trinajstić information content (AvgIpc) is 3.56. The van der Waals surface area contributed by atoms with Crippen molar-refractivity contribution in [3.05, 3.63) is 52.3 Å². The van der Waals surface area contributed by atoms with Crippen molar-refractivity contribution in [1.29, 1.82) is 0 Å². The van der Waals surface area contributed by atoms with Crippen LogP contribution in [0.3, 0.4) is 0 Å². The van der Waals surface area contributed by atoms with Crippen molar-refractivity contribution in [2.45, 2.75) is 25.9 Å². The van der Waals surface area contributed by atoms with Gasteiger partial charge in [-0.15, -0.1) is 11.3 Å². The SMILES string of the molecule is Cc1nn(Cc2ccc(F)cc2)c2sc(C(=O)NCC(C3CCOC3)N3CCOCC3)cc12. The highest BCUT2D eigenvalue weighted by Crippen LogP contribution is 2.29. The molecule has 176 valence electrons. The second-order valence-corrected chi connectivity index (χ2v) is 9.78. The molecular formula is C24H29FN4O3S. The zero-order valence-corrected chi connectivity index (χ0v) is 19.6. The third kappa shape index (κ3) is 4.96. The molecule has 3 aromatic rings. The molecule has 4 heterocycles. The van der Waals surface area contributed by atoms with Crippen LogP contribution in [0.4, 0.5) is 4.39 Å². The number of hydrogen-bond donors (Lipinski definition) is 1. The highest BCUT2D eigenvalue weighted by Gasteiger charge is 2.32. The van der Waals surface area contributed by atoms with E-state index in [1.165, 1.54) is 23.5 Å². The monoisotopic (exact) mass is 472 g/mol. The number of aromatic nitrogens is 2. The van der Waals surface area contributed by atoms with Crippen LogP contribution in [0.15, 0.2) is 30.3 Å². The summed E-state index contributed by atoms with van der Waals surface area (Å²) in [6.07, 6.45) is 1.03. The van der Waals surface area contributed by atoms with Crippen LogP contribution < -0.4 is 5.32 Å². The number of benzene rings is 1. The summed E-state index contributed by atoms with van der Waals surface area (Å²) in [5.41, 5.74) is 1.85. The molecule has 2 saturated heterocycles. The maximum atomic E-state index is 13.2. The molecule has 1 aromatic carbocycles. The molecule has 5 rings (SSSR count). The Morgan fingerprint density at radius 3 is 2.76 bits per heavy atom. The van der Waals surface area contributed by atoms with E-state index in [4.69, 9.17) is 9.47 Å². The number of fused-ring (bicyclic) bond motifs is 1. The quantitative estimate of drug-likeness (QED) is 0.573. The van der Waals surface area contributed by atoms with Crippen molar-refractivity contribution in [2.24, 2.45) is 5.92 Å². The van der Waals surface area contributed by atoms with Gasteiger partial charge in [-0.1, -0.05) is 12.1 Å². The molecule has 9 heteroatoms. The van der Waals surface area contributed by atoms with Crippen molar-refractivity contribution >= 4 is 27.5 Å². The minimum Gasteiger partial charge on any atom is -0.381 e. The van der Waals surface area contributed by atoms with E-state index >= 15 is 0 Å². The Labute approximate surface area is 196 Å². The molecule has 1 N–H and O–H groups in total. The molecule has 0 aliphatic carbocycles. The zero-order valence-electron chi connectivity index (χ0n) is 18.8. The molecule has 2 aromatic heterocycles. The number of morpholine rings is 1. The summed E-state index contributed by atoms with van der Waals surface area (Å²) in [7, 11) is 0. The standard InChI is InChI=1S/C24H29FN4O3S/c1-16-20-12-22(33-24(20)29(27-16)14-17-2-4-19(25)5-3-17)23(30)26-13-21(18-6-9-32-15-18)28-7-10-31-11-8-28/h2-5,12,18,21H,6-11,13-15H2,1H3,(H,26,30). The van der Waals surface area contributed by atoms with Gasteiger partial charge in [0.25, 0.3) is 5.91 Å². The van der Waals surface area contributed by atoms with E-state index in [0.29, 0.717) is 23.9 Å². The first kappa shape index (κ1) is 22.5. The van der Waals surface area contributed by atoms with E-state index in [1.54, 1.807) is 12.1 Å². The van der Waals surface area contributed by atoms with E-state index in [1.807, 2.05) is 17.7 Å². The van der Waals surface area contributed by atoms with Crippen LogP contribution in [0.5, 0.6) is 0 Å². The van der Waals surface area contributed by atoms with Gasteiger partial charge in [0.2, 0.25) is 0 Å². The summed E-state index contributed by atoms with van der Waals surface area (Å²) in [6.45, 7) is 7.87. The van der Waals surface area contributed by atoms with Crippen molar-refractivity contribution in [1.82, 2.24) is 20.0 Å². The molecule has 1 amide bonds. The summed E-state index contributed by atoms with van der Waals surface area (Å²) < 4.78 is 26.3. The number of amides is 1. The predicted molar refractivity (Wildman–Crippen MR) is 125 cm³/mol. The van der Waals surface area contributed by atoms with Gasteiger partial charge >= 0.3 is 0 Å². The number of nitrogens with one attached hydrogen (secondary N) is 1. The average molecular weight is 473 g/mol. The van der Waals surface area contributed by atoms with Crippen LogP contribution in [0.1, 0.15) is 27.3 Å². The fourth-order valence-electron chi connectivity index (χ4n) is 4.74. The van der Waals surface area contributed by atoms with Crippen molar-refractivity contribution < 1.29 is 18.7 Å². The molecule has 2 atom stereocenters. The predicted octanol–water partition coefficient (Wildman–Crippen LogP) is 3.06. The molecule has 7 nitrogen and oxygen atoms in total. The van der Waals surface area contributed by atoms with E-state index in [2.05, 4.69) is 15.3 Å². The molecule has 0 spiro atoms. The Hall–Kier alpha value is -2.33. The number of aryl methyl sites for hydroxylation is 1. The van der Waals surface area contributed by atoms with Gasteiger partial charge in [0.15, 0.2) is 0 Å². The van der Waals surface area contributed by atoms with Crippen LogP contribution in [0.2, 0.25) is 0 Å². The first-order chi connectivity index (χ1) is 16.1. The Balaban J connectivity index is 1.30. The molecule has 0 bridgehead atoms. The first-order valence-corrected chi connectivity index (χ1v) is 12.3. The second-order valence-electron chi connectivity index (χ2n) is 8.75. The smallest absolute Gasteiger partial charge is 0.261 e. The van der Waals surface area contributed by atoms with Gasteiger partial charge in [-0.3, -0.25) is 14.4 Å². The summed E-state index contributed by atoms with van der Waals surface area (Å²) >= 11 is 1.45. The van der Waals surface area contributed by atoms with Crippen molar-refractivity contribution in [2.75, 3.05) is 46.1 Å². The maximum absolute atomic E-state index is 13.2. The summed E-state index contributed by atoms with van der Waals surface area (Å²) in [4.78, 5) is 17.2. The summed E-state index contributed by atoms with van der Waals surface area (Å²) in [5, 5.41) is 8.79. The molecule has 2 unspecified atom stereocenters. The van der Waals surface area contributed by atoms with E-state index in [-0.39, 0.29) is 17.8 Å². The minimum absolute atomic E-state index is 0.0545. The second kappa shape index (κ2) is 9.89. The molecule has 2 aliphatic rings. The number of thiophene rings is 1. The normalized spacial score (nSPS) is 20.4. The van der Waals surface area contributed by atoms with Crippen LogP contribution >= 0.6 is 11.3 Å². The number of hydrogen-bond acceptors (Lipinski definition) is 6. The Morgan fingerprint density at radius 2 is 2.03 bits per heavy atom. The first-order valence-electron chi connectivity index (χ1n) is 11.5. The Morgan fingerprint density at radius 1 is 1.24 bits per heavy atom. The van der Waals surface area contributed by atoms with Gasteiger partial charge in [0.1, 0.15) is 10.6 Å². The topological polar surface area (TPSA) is 68.6 Å². The van der Waals surface area contributed by atoms with Crippen LogP contribution in [-0.4, -0.2) is 72.7 Å². The number of ether oxygens (including phenoxy) is 2. The summed E-state index contributed by atoms with van der Waals surface area (Å²) in [5.74, 6) is 0.119. The molecule has 0 radical (unpaired) electrons. The zero-order chi connectivity index (χ0) is 22.8. The minimum atomic E-state index is -0.254. The van der Waals surface area contributed by atoms with Gasteiger partial charge in [-0.25, -0.2) is 4.39 Å². The van der Waals surface area contributed by atoms with Gasteiger partial charge in [-0.05, 0) is 37.1 Å². The number of halogens is 1. The molecular weight excluding hydrogens is 443 g/mol. The Kier molecular flexibility index (Phi) is 6.73. The lowest BCUT2D eigenvalue weighted by atomic mass is 9.97. The number of rotatable bonds is 7. The number of carbonyl (C=O) groups is 1. The van der Waals surface area contributed by atoms with Gasteiger partial charge in [-0.2, -0.15) is 5.10 Å². The third-order valence-corrected chi connectivity index (χ3v) is 7.72. The van der Waals surface area contributed by atoms with Crippen molar-refractivity contribution in [3.63, 3.8) is 0 Å². The molecule has 2 fully saturated rings. The van der Waals surface area contributed by atoms with E-state index in [9.17, 15) is 9.18 Å². The highest BCUT2D eigenvalue weighted by molar-refractivity contribution is 7.20. The van der Waals surface area contributed by atoms with Crippen molar-refractivity contribution in [3.8, 4) is 0 Å². The molecule has 33 heavy (non-hydrogen) atoms. The fourth-order valence-corrected chi connectivity index (χ4v) is 5.82. The van der Waals surface area contributed by atoms with Crippen LogP contribution in [-0.2, 0) is 16.0 Å². The van der Waals surface area contributed by atoms with Gasteiger partial charge in [0.05, 0.1) is 36.9 Å². The summed E-state index contributed by atoms with van der Waals surface area (Å²) in [6, 6.07) is 8.62. The highest BCUT2D eigenvalue weighted by atomic mass is 32.1. The third-order valence-electron chi connectivity index (χ3n) is 6.57. The lowest BCUT2D eigenvalue weighted by Crippen LogP contribution is -2.52. The Bertz CT molecular complexity index is 1100. The van der Waals surface area contributed by atoms with Crippen LogP contribution in [0, 0.1) is 18.7 Å². The van der Waals surface area contributed by atoms with Crippen LogP contribution in [0.25, 0.3) is 10.2 Å². The largest absolute Gasteiger partial charge is 0.381 e. The lowest BCUT2D eigenvalue weighted by molar-refractivity contribution is 0.00167. The molecule has 2 aliphatic heterocycles. The van der Waals surface area contributed by atoms with Gasteiger partial charge in [0, 0.05) is 43.6 Å². The van der Waals surface area contributed by atoms with E-state index in [0.717, 1.165) is 67.4 Å². The number of carbonyl (C=O) groups excluding carboxylic acids is 1. The lowest BCUT2D eigenvalue weighted by Gasteiger charge is -2.37. The molecule has 0 saturated carbocycles. The van der Waals surface area contributed by atoms with Gasteiger partial charge < -0.3 is 14.8 Å².